The van der Waals surface area contributed by atoms with E-state index in [0.29, 0.717) is 11.5 Å². The van der Waals surface area contributed by atoms with Gasteiger partial charge in [0.15, 0.2) is 0 Å². The van der Waals surface area contributed by atoms with Crippen LogP contribution in [0.2, 0.25) is 0 Å². The molecule has 3 atom stereocenters. The van der Waals surface area contributed by atoms with E-state index in [-0.39, 0.29) is 0 Å². The van der Waals surface area contributed by atoms with Crippen LogP contribution in [-0.4, -0.2) is 25.3 Å². The van der Waals surface area contributed by atoms with E-state index < -0.39 is 0 Å². The van der Waals surface area contributed by atoms with Crippen molar-refractivity contribution in [3.63, 3.8) is 0 Å². The molecule has 2 aliphatic rings. The van der Waals surface area contributed by atoms with Gasteiger partial charge in [0, 0.05) is 12.6 Å². The van der Waals surface area contributed by atoms with Crippen LogP contribution in [0, 0.1) is 11.3 Å². The van der Waals surface area contributed by atoms with Crippen LogP contribution in [0.25, 0.3) is 0 Å². The van der Waals surface area contributed by atoms with Crippen molar-refractivity contribution in [1.82, 2.24) is 5.32 Å². The number of rotatable bonds is 4. The molecule has 2 fully saturated rings. The largest absolute Gasteiger partial charge is 0.378 e. The van der Waals surface area contributed by atoms with E-state index in [1.807, 2.05) is 0 Å². The molecular weight excluding hydrogens is 222 g/mol. The maximum atomic E-state index is 5.70. The molecule has 1 heterocycles. The van der Waals surface area contributed by atoms with Crippen molar-refractivity contribution in [3.05, 3.63) is 0 Å². The van der Waals surface area contributed by atoms with Gasteiger partial charge in [-0.3, -0.25) is 0 Å². The molecule has 1 aliphatic carbocycles. The van der Waals surface area contributed by atoms with Crippen LogP contribution in [0.3, 0.4) is 0 Å². The van der Waals surface area contributed by atoms with Crippen molar-refractivity contribution in [1.29, 1.82) is 0 Å². The lowest BCUT2D eigenvalue weighted by Gasteiger charge is -2.41. The molecule has 1 saturated heterocycles. The Morgan fingerprint density at radius 1 is 1.06 bits per heavy atom. The van der Waals surface area contributed by atoms with Gasteiger partial charge >= 0.3 is 0 Å². The molecule has 2 heteroatoms. The Morgan fingerprint density at radius 3 is 2.50 bits per heavy atom. The molecule has 3 unspecified atom stereocenters. The van der Waals surface area contributed by atoms with Crippen molar-refractivity contribution < 1.29 is 4.74 Å². The summed E-state index contributed by atoms with van der Waals surface area (Å²) >= 11 is 0. The Hall–Kier alpha value is -0.0800. The highest BCUT2D eigenvalue weighted by molar-refractivity contribution is 4.88. The molecule has 1 saturated carbocycles. The minimum atomic E-state index is 0.446. The molecule has 1 N–H and O–H groups in total. The first-order chi connectivity index (χ1) is 8.57. The van der Waals surface area contributed by atoms with E-state index in [4.69, 9.17) is 4.74 Å². The predicted octanol–water partition coefficient (Wildman–Crippen LogP) is 3.75. The molecule has 1 aliphatic heterocycles. The van der Waals surface area contributed by atoms with Crippen molar-refractivity contribution in [2.45, 2.75) is 77.9 Å². The van der Waals surface area contributed by atoms with E-state index in [1.54, 1.807) is 0 Å². The Kier molecular flexibility index (Phi) is 5.08. The second kappa shape index (κ2) is 6.38. The van der Waals surface area contributed by atoms with E-state index >= 15 is 0 Å². The number of ether oxygens (including phenoxy) is 1. The first kappa shape index (κ1) is 14.3. The third-order valence-corrected chi connectivity index (χ3v) is 4.78. The van der Waals surface area contributed by atoms with Crippen molar-refractivity contribution in [3.8, 4) is 0 Å². The van der Waals surface area contributed by atoms with Crippen molar-refractivity contribution in [2.75, 3.05) is 13.2 Å². The van der Waals surface area contributed by atoms with Gasteiger partial charge in [-0.1, -0.05) is 33.6 Å². The fraction of sp³-hybridized carbons (Fsp3) is 1.00. The normalized spacial score (nSPS) is 33.8. The molecule has 0 aromatic carbocycles. The molecule has 2 rings (SSSR count). The van der Waals surface area contributed by atoms with Crippen molar-refractivity contribution in [2.24, 2.45) is 11.3 Å². The first-order valence-electron chi connectivity index (χ1n) is 7.92. The predicted molar refractivity (Wildman–Crippen MR) is 76.8 cm³/mol. The van der Waals surface area contributed by atoms with Gasteiger partial charge in [-0.25, -0.2) is 0 Å². The lowest BCUT2D eigenvalue weighted by molar-refractivity contribution is 0.0954. The summed E-state index contributed by atoms with van der Waals surface area (Å²) in [6.07, 6.45) is 9.88. The molecule has 106 valence electrons. The molecule has 0 aromatic rings. The summed E-state index contributed by atoms with van der Waals surface area (Å²) in [5.74, 6) is 0.843. The summed E-state index contributed by atoms with van der Waals surface area (Å²) in [5.41, 5.74) is 0.446. The lowest BCUT2D eigenvalue weighted by atomic mass is 9.69. The van der Waals surface area contributed by atoms with Gasteiger partial charge in [-0.05, 0) is 50.0 Å². The van der Waals surface area contributed by atoms with Gasteiger partial charge in [-0.15, -0.1) is 0 Å². The summed E-state index contributed by atoms with van der Waals surface area (Å²) in [4.78, 5) is 0. The van der Waals surface area contributed by atoms with Gasteiger partial charge in [-0.2, -0.15) is 0 Å². The monoisotopic (exact) mass is 253 g/mol. The fourth-order valence-corrected chi connectivity index (χ4v) is 3.71. The van der Waals surface area contributed by atoms with Crippen LogP contribution < -0.4 is 5.32 Å². The Morgan fingerprint density at radius 2 is 1.83 bits per heavy atom. The number of hydrogen-bond acceptors (Lipinski definition) is 2. The third-order valence-electron chi connectivity index (χ3n) is 4.78. The van der Waals surface area contributed by atoms with Crippen LogP contribution >= 0.6 is 0 Å². The van der Waals surface area contributed by atoms with Gasteiger partial charge in [0.2, 0.25) is 0 Å². The Balaban J connectivity index is 1.75. The molecule has 0 amide bonds. The Bertz CT molecular complexity index is 240. The van der Waals surface area contributed by atoms with Gasteiger partial charge in [0.05, 0.1) is 6.10 Å². The van der Waals surface area contributed by atoms with E-state index in [2.05, 4.69) is 26.1 Å². The molecule has 18 heavy (non-hydrogen) atoms. The van der Waals surface area contributed by atoms with Crippen LogP contribution in [-0.2, 0) is 4.74 Å². The zero-order valence-electron chi connectivity index (χ0n) is 12.5. The average Bonchev–Trinajstić information content (AvgIpc) is 2.81. The zero-order valence-corrected chi connectivity index (χ0v) is 12.5. The molecule has 0 radical (unpaired) electrons. The minimum Gasteiger partial charge on any atom is -0.378 e. The fourth-order valence-electron chi connectivity index (χ4n) is 3.71. The maximum absolute atomic E-state index is 5.70. The quantitative estimate of drug-likeness (QED) is 0.824. The van der Waals surface area contributed by atoms with E-state index in [1.165, 1.54) is 44.9 Å². The highest BCUT2D eigenvalue weighted by Gasteiger charge is 2.33. The zero-order chi connectivity index (χ0) is 13.0. The second-order valence-corrected chi connectivity index (χ2v) is 7.24. The molecule has 0 aromatic heterocycles. The second-order valence-electron chi connectivity index (χ2n) is 7.24. The van der Waals surface area contributed by atoms with Crippen LogP contribution in [0.5, 0.6) is 0 Å². The smallest absolute Gasteiger partial charge is 0.0588 e. The summed E-state index contributed by atoms with van der Waals surface area (Å²) in [6.45, 7) is 9.33. The van der Waals surface area contributed by atoms with Crippen LogP contribution in [0.1, 0.15) is 65.7 Å². The van der Waals surface area contributed by atoms with Crippen molar-refractivity contribution >= 4 is 0 Å². The highest BCUT2D eigenvalue weighted by Crippen LogP contribution is 2.37. The lowest BCUT2D eigenvalue weighted by Crippen LogP contribution is -2.45. The molecule has 0 bridgehead atoms. The van der Waals surface area contributed by atoms with E-state index in [0.717, 1.165) is 25.1 Å². The first-order valence-corrected chi connectivity index (χ1v) is 7.92. The van der Waals surface area contributed by atoms with Gasteiger partial charge in [0.25, 0.3) is 0 Å². The van der Waals surface area contributed by atoms with Gasteiger partial charge in [0.1, 0.15) is 0 Å². The topological polar surface area (TPSA) is 21.3 Å². The standard InChI is InChI=1S/C16H31NO/c1-16(2,3)14-8-4-5-9-15(14)17-11-10-13-7-6-12-18-13/h13-15,17H,4-12H2,1-3H3. The summed E-state index contributed by atoms with van der Waals surface area (Å²) in [7, 11) is 0. The van der Waals surface area contributed by atoms with E-state index in [9.17, 15) is 0 Å². The maximum Gasteiger partial charge on any atom is 0.0588 e. The SMILES string of the molecule is CC(C)(C)C1CCCCC1NCCC1CCCO1. The summed E-state index contributed by atoms with van der Waals surface area (Å²) in [6, 6.07) is 0.736. The minimum absolute atomic E-state index is 0.446. The number of nitrogens with one attached hydrogen (secondary N) is 1. The summed E-state index contributed by atoms with van der Waals surface area (Å²) in [5, 5.41) is 3.83. The highest BCUT2D eigenvalue weighted by atomic mass is 16.5. The number of hydrogen-bond donors (Lipinski definition) is 1. The Labute approximate surface area is 113 Å². The average molecular weight is 253 g/mol. The summed E-state index contributed by atoms with van der Waals surface area (Å²) < 4.78 is 5.70. The van der Waals surface area contributed by atoms with Gasteiger partial charge < -0.3 is 10.1 Å². The third kappa shape index (κ3) is 3.96. The molecule has 2 nitrogen and oxygen atoms in total. The van der Waals surface area contributed by atoms with Crippen LogP contribution in [0.15, 0.2) is 0 Å². The molecular formula is C16H31NO. The molecule has 0 spiro atoms. The van der Waals surface area contributed by atoms with Crippen LogP contribution in [0.4, 0.5) is 0 Å².